The summed E-state index contributed by atoms with van der Waals surface area (Å²) in [6, 6.07) is 0. The van der Waals surface area contributed by atoms with Crippen molar-refractivity contribution < 1.29 is 49.4 Å². The smallest absolute Gasteiger partial charge is 0.530 e. The normalized spacial score (nSPS) is 9.50. The molecule has 6 heteroatoms. The molecule has 0 fully saturated rings. The van der Waals surface area contributed by atoms with Gasteiger partial charge in [0.25, 0.3) is 0 Å². The van der Waals surface area contributed by atoms with Crippen molar-refractivity contribution in [1.82, 2.24) is 0 Å². The number of hydrogen-bond donors (Lipinski definition) is 2. The molecule has 0 spiro atoms. The van der Waals surface area contributed by atoms with E-state index >= 15 is 0 Å². The predicted octanol–water partition coefficient (Wildman–Crippen LogP) is -2.11. The van der Waals surface area contributed by atoms with Crippen molar-refractivity contribution in [2.75, 3.05) is 0 Å². The van der Waals surface area contributed by atoms with E-state index in [4.69, 9.17) is 15.0 Å². The Morgan fingerprint density at radius 3 is 2.12 bits per heavy atom. The van der Waals surface area contributed by atoms with Crippen LogP contribution in [0.25, 0.3) is 0 Å². The summed E-state index contributed by atoms with van der Waals surface area (Å²) in [5.41, 5.74) is 4.38. The first-order chi connectivity index (χ1) is 6.91. The van der Waals surface area contributed by atoms with Gasteiger partial charge < -0.3 is 20.7 Å². The topological polar surface area (TPSA) is 103 Å². The number of primary amides is 1. The average molecular weight is 239 g/mol. The molecule has 0 unspecified atom stereocenters. The third kappa shape index (κ3) is 23.4. The SMILES string of the molecule is CCCCCC=C(C)C(=O)O.NC(=O)[O-].[Na+]. The second-order valence-corrected chi connectivity index (χ2v) is 3.01. The minimum atomic E-state index is -1.58. The number of rotatable bonds is 5. The minimum absolute atomic E-state index is 0. The summed E-state index contributed by atoms with van der Waals surface area (Å²) in [4.78, 5) is 19.0. The predicted molar refractivity (Wildman–Crippen MR) is 55.1 cm³/mol. The van der Waals surface area contributed by atoms with Gasteiger partial charge in [0.1, 0.15) is 6.09 Å². The van der Waals surface area contributed by atoms with Crippen LogP contribution < -0.4 is 40.4 Å². The molecule has 0 saturated heterocycles. The molecule has 0 aromatic carbocycles. The number of hydrogen-bond acceptors (Lipinski definition) is 3. The van der Waals surface area contributed by atoms with Gasteiger partial charge >= 0.3 is 35.5 Å². The molecule has 0 aromatic heterocycles. The third-order valence-corrected chi connectivity index (χ3v) is 1.60. The third-order valence-electron chi connectivity index (χ3n) is 1.60. The van der Waals surface area contributed by atoms with Gasteiger partial charge in [-0.25, -0.2) is 4.79 Å². The first kappa shape index (κ1) is 20.8. The molecule has 0 aromatic rings. The van der Waals surface area contributed by atoms with Crippen LogP contribution in [-0.2, 0) is 4.79 Å². The van der Waals surface area contributed by atoms with Crippen molar-refractivity contribution in [2.24, 2.45) is 5.73 Å². The molecule has 0 heterocycles. The largest absolute Gasteiger partial charge is 1.00 e. The van der Waals surface area contributed by atoms with Crippen molar-refractivity contribution in [3.05, 3.63) is 11.6 Å². The number of amides is 1. The van der Waals surface area contributed by atoms with E-state index in [-0.39, 0.29) is 29.6 Å². The van der Waals surface area contributed by atoms with Crippen LogP contribution in [0.1, 0.15) is 39.5 Å². The summed E-state index contributed by atoms with van der Waals surface area (Å²) in [6.45, 7) is 3.77. The fourth-order valence-corrected chi connectivity index (χ4v) is 0.800. The molecular weight excluding hydrogens is 221 g/mol. The van der Waals surface area contributed by atoms with E-state index in [1.165, 1.54) is 12.8 Å². The molecule has 3 N–H and O–H groups in total. The van der Waals surface area contributed by atoms with Crippen molar-refractivity contribution in [3.8, 4) is 0 Å². The van der Waals surface area contributed by atoms with Gasteiger partial charge in [0, 0.05) is 5.57 Å². The number of aliphatic carboxylic acids is 1. The van der Waals surface area contributed by atoms with E-state index in [0.717, 1.165) is 12.8 Å². The Bertz CT molecular complexity index is 225. The fourth-order valence-electron chi connectivity index (χ4n) is 0.800. The zero-order valence-corrected chi connectivity index (χ0v) is 12.2. The second-order valence-electron chi connectivity index (χ2n) is 3.01. The summed E-state index contributed by atoms with van der Waals surface area (Å²) in [6.07, 6.45) is 4.56. The van der Waals surface area contributed by atoms with Crippen molar-refractivity contribution in [2.45, 2.75) is 39.5 Å². The van der Waals surface area contributed by atoms with Crippen LogP contribution in [0.15, 0.2) is 11.6 Å². The van der Waals surface area contributed by atoms with Gasteiger partial charge in [0.2, 0.25) is 0 Å². The van der Waals surface area contributed by atoms with Crippen molar-refractivity contribution >= 4 is 12.1 Å². The van der Waals surface area contributed by atoms with Crippen LogP contribution >= 0.6 is 0 Å². The van der Waals surface area contributed by atoms with E-state index in [9.17, 15) is 4.79 Å². The van der Waals surface area contributed by atoms with Gasteiger partial charge in [-0.3, -0.25) is 0 Å². The van der Waals surface area contributed by atoms with Gasteiger partial charge in [-0.2, -0.15) is 0 Å². The fraction of sp³-hybridized carbons (Fsp3) is 0.600. The monoisotopic (exact) mass is 239 g/mol. The maximum absolute atomic E-state index is 10.3. The van der Waals surface area contributed by atoms with Crippen LogP contribution in [-0.4, -0.2) is 17.2 Å². The Labute approximate surface area is 118 Å². The average Bonchev–Trinajstić information content (AvgIpc) is 2.11. The Hall–Kier alpha value is -0.520. The van der Waals surface area contributed by atoms with Gasteiger partial charge in [-0.1, -0.05) is 25.8 Å². The zero-order chi connectivity index (χ0) is 12.3. The molecule has 0 bridgehead atoms. The molecule has 0 aliphatic carbocycles. The van der Waals surface area contributed by atoms with Crippen molar-refractivity contribution in [3.63, 3.8) is 0 Å². The number of carbonyl (C=O) groups excluding carboxylic acids is 1. The first-order valence-corrected chi connectivity index (χ1v) is 4.78. The molecule has 88 valence electrons. The molecular formula is C10H18NNaO4. The molecule has 0 rings (SSSR count). The number of allylic oxidation sites excluding steroid dienone is 1. The van der Waals surface area contributed by atoms with E-state index in [1.807, 2.05) is 0 Å². The van der Waals surface area contributed by atoms with E-state index in [0.29, 0.717) is 5.57 Å². The molecule has 0 aliphatic rings. The van der Waals surface area contributed by atoms with Crippen LogP contribution in [0.2, 0.25) is 0 Å². The van der Waals surface area contributed by atoms with Gasteiger partial charge in [0.15, 0.2) is 0 Å². The zero-order valence-electron chi connectivity index (χ0n) is 10.2. The summed E-state index contributed by atoms with van der Waals surface area (Å²) in [5, 5.41) is 17.1. The molecule has 5 nitrogen and oxygen atoms in total. The van der Waals surface area contributed by atoms with Crippen LogP contribution in [0.4, 0.5) is 4.79 Å². The molecule has 0 saturated carbocycles. The number of carboxylic acid groups (broad SMARTS) is 2. The van der Waals surface area contributed by atoms with E-state index < -0.39 is 12.1 Å². The van der Waals surface area contributed by atoms with E-state index in [1.54, 1.807) is 13.0 Å². The van der Waals surface area contributed by atoms with Gasteiger partial charge in [0.05, 0.1) is 0 Å². The molecule has 0 radical (unpaired) electrons. The molecule has 0 atom stereocenters. The maximum Gasteiger partial charge on any atom is 1.00 e. The van der Waals surface area contributed by atoms with E-state index in [2.05, 4.69) is 12.7 Å². The number of nitrogens with two attached hydrogens (primary N) is 1. The van der Waals surface area contributed by atoms with Crippen LogP contribution in [0.3, 0.4) is 0 Å². The summed E-state index contributed by atoms with van der Waals surface area (Å²) in [5.74, 6) is -0.804. The summed E-state index contributed by atoms with van der Waals surface area (Å²) in [7, 11) is 0. The standard InChI is InChI=1S/C9H16O2.CH3NO2.Na/c1-3-4-5-6-7-8(2)9(10)11;2-1(3)4;/h7H,3-6H2,1-2H3,(H,10,11);2H2,(H,3,4);/q;;+1/p-1. The summed E-state index contributed by atoms with van der Waals surface area (Å²) >= 11 is 0. The Morgan fingerprint density at radius 2 is 1.81 bits per heavy atom. The second kappa shape index (κ2) is 14.5. The molecule has 1 amide bonds. The van der Waals surface area contributed by atoms with Gasteiger partial charge in [-0.15, -0.1) is 0 Å². The quantitative estimate of drug-likeness (QED) is 0.325. The van der Waals surface area contributed by atoms with Gasteiger partial charge in [-0.05, 0) is 19.8 Å². The minimum Gasteiger partial charge on any atom is -0.530 e. The first-order valence-electron chi connectivity index (χ1n) is 4.78. The number of unbranched alkanes of at least 4 members (excludes halogenated alkanes) is 3. The molecule has 0 aliphatic heterocycles. The number of carboxylic acids is 1. The summed E-state index contributed by atoms with van der Waals surface area (Å²) < 4.78 is 0. The molecule has 16 heavy (non-hydrogen) atoms. The Morgan fingerprint density at radius 1 is 1.38 bits per heavy atom. The maximum atomic E-state index is 10.3. The number of carbonyl (C=O) groups is 2. The Kier molecular flexibility index (Phi) is 18.9. The Balaban J connectivity index is -0.000000292. The van der Waals surface area contributed by atoms with Crippen molar-refractivity contribution in [1.29, 1.82) is 0 Å². The van der Waals surface area contributed by atoms with Crippen LogP contribution in [0, 0.1) is 0 Å². The van der Waals surface area contributed by atoms with Crippen LogP contribution in [0.5, 0.6) is 0 Å².